The first-order chi connectivity index (χ1) is 9.95. The van der Waals surface area contributed by atoms with Crippen molar-refractivity contribution in [2.45, 2.75) is 27.2 Å². The average Bonchev–Trinajstić information content (AvgIpc) is 2.43. The van der Waals surface area contributed by atoms with Gasteiger partial charge in [0.05, 0.1) is 6.54 Å². The molecule has 1 rings (SSSR count). The Hall–Kier alpha value is -1.88. The van der Waals surface area contributed by atoms with Crippen LogP contribution in [0.15, 0.2) is 18.2 Å². The molecule has 0 unspecified atom stereocenters. The summed E-state index contributed by atoms with van der Waals surface area (Å²) in [4.78, 5) is 25.2. The SMILES string of the molecule is COCCCN(CC(=O)Nc1cccc(C)c1C)C(C)=O. The van der Waals surface area contributed by atoms with Gasteiger partial charge in [-0.05, 0) is 37.5 Å². The number of nitrogens with zero attached hydrogens (tertiary/aromatic N) is 1. The summed E-state index contributed by atoms with van der Waals surface area (Å²) in [5, 5.41) is 2.86. The van der Waals surface area contributed by atoms with Gasteiger partial charge in [0.25, 0.3) is 0 Å². The third-order valence-corrected chi connectivity index (χ3v) is 3.44. The maximum Gasteiger partial charge on any atom is 0.244 e. The highest BCUT2D eigenvalue weighted by Gasteiger charge is 2.14. The number of benzene rings is 1. The number of nitrogens with one attached hydrogen (secondary N) is 1. The molecular weight excluding hydrogens is 268 g/mol. The third kappa shape index (κ3) is 5.55. The summed E-state index contributed by atoms with van der Waals surface area (Å²) in [6.07, 6.45) is 0.715. The van der Waals surface area contributed by atoms with Gasteiger partial charge < -0.3 is 15.0 Å². The Morgan fingerprint density at radius 2 is 2.00 bits per heavy atom. The molecular formula is C16H24N2O3. The zero-order chi connectivity index (χ0) is 15.8. The van der Waals surface area contributed by atoms with Gasteiger partial charge in [-0.3, -0.25) is 9.59 Å². The molecule has 5 nitrogen and oxygen atoms in total. The summed E-state index contributed by atoms with van der Waals surface area (Å²) in [6, 6.07) is 5.76. The number of carbonyl (C=O) groups is 2. The van der Waals surface area contributed by atoms with E-state index in [4.69, 9.17) is 4.74 Å². The molecule has 5 heteroatoms. The van der Waals surface area contributed by atoms with E-state index in [9.17, 15) is 9.59 Å². The normalized spacial score (nSPS) is 10.3. The summed E-state index contributed by atoms with van der Waals surface area (Å²) in [7, 11) is 1.62. The number of anilines is 1. The van der Waals surface area contributed by atoms with Crippen molar-refractivity contribution in [2.75, 3.05) is 32.1 Å². The highest BCUT2D eigenvalue weighted by molar-refractivity contribution is 5.95. The summed E-state index contributed by atoms with van der Waals surface area (Å²) in [5.74, 6) is -0.293. The Bertz CT molecular complexity index is 500. The highest BCUT2D eigenvalue weighted by atomic mass is 16.5. The molecule has 1 N–H and O–H groups in total. The van der Waals surface area contributed by atoms with Gasteiger partial charge in [0, 0.05) is 32.9 Å². The van der Waals surface area contributed by atoms with E-state index < -0.39 is 0 Å². The molecule has 0 bridgehead atoms. The van der Waals surface area contributed by atoms with Gasteiger partial charge in [0.2, 0.25) is 11.8 Å². The second-order valence-electron chi connectivity index (χ2n) is 5.08. The van der Waals surface area contributed by atoms with Gasteiger partial charge in [-0.15, -0.1) is 0 Å². The van der Waals surface area contributed by atoms with Crippen LogP contribution in [0.3, 0.4) is 0 Å². The number of carbonyl (C=O) groups excluding carboxylic acids is 2. The van der Waals surface area contributed by atoms with Crippen LogP contribution < -0.4 is 5.32 Å². The number of hydrogen-bond donors (Lipinski definition) is 1. The summed E-state index contributed by atoms with van der Waals surface area (Å²) in [5.41, 5.74) is 2.95. The Morgan fingerprint density at radius 3 is 2.62 bits per heavy atom. The van der Waals surface area contributed by atoms with E-state index in [0.717, 1.165) is 16.8 Å². The van der Waals surface area contributed by atoms with Crippen molar-refractivity contribution < 1.29 is 14.3 Å². The van der Waals surface area contributed by atoms with Crippen molar-refractivity contribution in [3.63, 3.8) is 0 Å². The molecule has 0 fully saturated rings. The fraction of sp³-hybridized carbons (Fsp3) is 0.500. The van der Waals surface area contributed by atoms with Gasteiger partial charge in [-0.1, -0.05) is 12.1 Å². The van der Waals surface area contributed by atoms with E-state index in [0.29, 0.717) is 19.6 Å². The first-order valence-electron chi connectivity index (χ1n) is 7.06. The van der Waals surface area contributed by atoms with E-state index in [1.165, 1.54) is 11.8 Å². The second-order valence-corrected chi connectivity index (χ2v) is 5.08. The number of rotatable bonds is 7. The van der Waals surface area contributed by atoms with Crippen LogP contribution in [0.5, 0.6) is 0 Å². The minimum atomic E-state index is -0.184. The molecule has 1 aromatic rings. The van der Waals surface area contributed by atoms with Gasteiger partial charge in [0.15, 0.2) is 0 Å². The standard InChI is InChI=1S/C16H24N2O3/c1-12-7-5-8-15(13(12)2)17-16(20)11-18(14(3)19)9-6-10-21-4/h5,7-8H,6,9-11H2,1-4H3,(H,17,20). The van der Waals surface area contributed by atoms with Crippen molar-refractivity contribution in [2.24, 2.45) is 0 Å². The lowest BCUT2D eigenvalue weighted by molar-refractivity contribution is -0.132. The Labute approximate surface area is 126 Å². The minimum absolute atomic E-state index is 0.0619. The fourth-order valence-electron chi connectivity index (χ4n) is 2.00. The molecule has 0 atom stereocenters. The largest absolute Gasteiger partial charge is 0.385 e. The summed E-state index contributed by atoms with van der Waals surface area (Å²) < 4.78 is 4.96. The maximum atomic E-state index is 12.1. The number of amides is 2. The van der Waals surface area contributed by atoms with Crippen molar-refractivity contribution in [1.82, 2.24) is 4.90 Å². The zero-order valence-corrected chi connectivity index (χ0v) is 13.2. The molecule has 0 saturated carbocycles. The smallest absolute Gasteiger partial charge is 0.244 e. The Balaban J connectivity index is 2.61. The van der Waals surface area contributed by atoms with Crippen molar-refractivity contribution in [3.8, 4) is 0 Å². The molecule has 0 saturated heterocycles. The van der Waals surface area contributed by atoms with Gasteiger partial charge in [-0.25, -0.2) is 0 Å². The van der Waals surface area contributed by atoms with E-state index in [2.05, 4.69) is 5.32 Å². The molecule has 0 aliphatic carbocycles. The molecule has 0 aliphatic rings. The van der Waals surface area contributed by atoms with E-state index in [1.807, 2.05) is 32.0 Å². The van der Waals surface area contributed by atoms with Crippen molar-refractivity contribution in [1.29, 1.82) is 0 Å². The van der Waals surface area contributed by atoms with E-state index >= 15 is 0 Å². The average molecular weight is 292 g/mol. The van der Waals surface area contributed by atoms with Gasteiger partial charge in [-0.2, -0.15) is 0 Å². The van der Waals surface area contributed by atoms with Crippen LogP contribution in [0.2, 0.25) is 0 Å². The van der Waals surface area contributed by atoms with E-state index in [1.54, 1.807) is 7.11 Å². The number of hydrogen-bond acceptors (Lipinski definition) is 3. The highest BCUT2D eigenvalue weighted by Crippen LogP contribution is 2.17. The van der Waals surface area contributed by atoms with Crippen LogP contribution in [0.25, 0.3) is 0 Å². The van der Waals surface area contributed by atoms with Crippen LogP contribution in [-0.4, -0.2) is 43.5 Å². The first-order valence-corrected chi connectivity index (χ1v) is 7.06. The molecule has 1 aromatic carbocycles. The van der Waals surface area contributed by atoms with Crippen molar-refractivity contribution >= 4 is 17.5 Å². The predicted molar refractivity (Wildman–Crippen MR) is 83.3 cm³/mol. The van der Waals surface area contributed by atoms with Gasteiger partial charge >= 0.3 is 0 Å². The van der Waals surface area contributed by atoms with Crippen LogP contribution in [0.1, 0.15) is 24.5 Å². The Kier molecular flexibility index (Phi) is 6.88. The lowest BCUT2D eigenvalue weighted by Crippen LogP contribution is -2.37. The second kappa shape index (κ2) is 8.42. The molecule has 0 heterocycles. The molecule has 0 aliphatic heterocycles. The number of methoxy groups -OCH3 is 1. The molecule has 0 aromatic heterocycles. The molecule has 21 heavy (non-hydrogen) atoms. The molecule has 0 radical (unpaired) electrons. The monoisotopic (exact) mass is 292 g/mol. The minimum Gasteiger partial charge on any atom is -0.385 e. The lowest BCUT2D eigenvalue weighted by atomic mass is 10.1. The molecule has 0 spiro atoms. The Morgan fingerprint density at radius 1 is 1.29 bits per heavy atom. The van der Waals surface area contributed by atoms with Crippen LogP contribution in [0, 0.1) is 13.8 Å². The lowest BCUT2D eigenvalue weighted by Gasteiger charge is -2.20. The molecule has 116 valence electrons. The number of aryl methyl sites for hydroxylation is 1. The van der Waals surface area contributed by atoms with Crippen molar-refractivity contribution in [3.05, 3.63) is 29.3 Å². The third-order valence-electron chi connectivity index (χ3n) is 3.44. The maximum absolute atomic E-state index is 12.1. The van der Waals surface area contributed by atoms with Gasteiger partial charge in [0.1, 0.15) is 0 Å². The van der Waals surface area contributed by atoms with E-state index in [-0.39, 0.29) is 18.4 Å². The predicted octanol–water partition coefficient (Wildman–Crippen LogP) is 2.13. The molecule has 2 amide bonds. The van der Waals surface area contributed by atoms with Crippen LogP contribution in [-0.2, 0) is 14.3 Å². The summed E-state index contributed by atoms with van der Waals surface area (Å²) in [6.45, 7) is 6.58. The quantitative estimate of drug-likeness (QED) is 0.783. The topological polar surface area (TPSA) is 58.6 Å². The zero-order valence-electron chi connectivity index (χ0n) is 13.2. The van der Waals surface area contributed by atoms with Crippen LogP contribution >= 0.6 is 0 Å². The number of ether oxygens (including phenoxy) is 1. The fourth-order valence-corrected chi connectivity index (χ4v) is 2.00. The summed E-state index contributed by atoms with van der Waals surface area (Å²) >= 11 is 0. The van der Waals surface area contributed by atoms with Crippen LogP contribution in [0.4, 0.5) is 5.69 Å². The first kappa shape index (κ1) is 17.2.